The largest absolute Gasteiger partial charge is 0.481 e. The first-order chi connectivity index (χ1) is 13.1. The molecule has 0 amide bonds. The summed E-state index contributed by atoms with van der Waals surface area (Å²) in [5.74, 6) is -1.22. The van der Waals surface area contributed by atoms with E-state index in [9.17, 15) is 9.90 Å². The number of carboxylic acid groups (broad SMARTS) is 1. The number of tetrazole rings is 1. The molecule has 0 unspecified atom stereocenters. The van der Waals surface area contributed by atoms with Crippen molar-refractivity contribution in [2.75, 3.05) is 18.0 Å². The molecule has 8 heteroatoms. The second-order valence-corrected chi connectivity index (χ2v) is 7.33. The summed E-state index contributed by atoms with van der Waals surface area (Å²) in [6.07, 6.45) is 4.08. The molecule has 0 spiro atoms. The summed E-state index contributed by atoms with van der Waals surface area (Å²) in [6.45, 7) is 3.84. The molecule has 0 radical (unpaired) electrons. The zero-order valence-electron chi connectivity index (χ0n) is 15.7. The van der Waals surface area contributed by atoms with Crippen molar-refractivity contribution >= 4 is 11.7 Å². The molecule has 0 aliphatic carbocycles. The van der Waals surface area contributed by atoms with Crippen LogP contribution in [-0.2, 0) is 11.2 Å². The summed E-state index contributed by atoms with van der Waals surface area (Å²) >= 11 is 0. The highest BCUT2D eigenvalue weighted by atomic mass is 16.4. The van der Waals surface area contributed by atoms with Crippen LogP contribution in [0.25, 0.3) is 0 Å². The Hall–Kier alpha value is -2.48. The first kappa shape index (κ1) is 19.3. The number of hydrogen-bond acceptors (Lipinski definition) is 6. The number of carboxylic acids is 1. The lowest BCUT2D eigenvalue weighted by molar-refractivity contribution is -0.142. The van der Waals surface area contributed by atoms with E-state index in [2.05, 4.69) is 37.7 Å². The van der Waals surface area contributed by atoms with Crippen LogP contribution in [0.5, 0.6) is 0 Å². The maximum absolute atomic E-state index is 11.9. The summed E-state index contributed by atoms with van der Waals surface area (Å²) in [6, 6.07) is 8.48. The predicted octanol–water partition coefficient (Wildman–Crippen LogP) is 1.95. The standard InChI is InChI=1S/C19H28N6O2/c1-2-5-16(19(26)27)17(18-21-23-24-22-18)11-13-6-3-8-15(10-13)25-9-4-7-14(20)12-25/h3,6,8,10,14,16-17H,2,4-5,7,9,11-12,20H2,1H3,(H,26,27)(H,21,22,23,24)/t14-,16-,17-/m0/s1. The van der Waals surface area contributed by atoms with Gasteiger partial charge in [0.1, 0.15) is 0 Å². The van der Waals surface area contributed by atoms with Crippen molar-refractivity contribution in [3.63, 3.8) is 0 Å². The van der Waals surface area contributed by atoms with Gasteiger partial charge in [-0.3, -0.25) is 4.79 Å². The minimum atomic E-state index is -0.815. The fourth-order valence-corrected chi connectivity index (χ4v) is 3.93. The number of benzene rings is 1. The second kappa shape index (κ2) is 8.94. The van der Waals surface area contributed by atoms with Crippen LogP contribution in [-0.4, -0.2) is 50.8 Å². The normalized spacial score (nSPS) is 19.6. The number of piperidine rings is 1. The van der Waals surface area contributed by atoms with Gasteiger partial charge in [-0.25, -0.2) is 0 Å². The molecule has 1 aliphatic heterocycles. The van der Waals surface area contributed by atoms with Gasteiger partial charge in [-0.05, 0) is 43.4 Å². The van der Waals surface area contributed by atoms with E-state index in [4.69, 9.17) is 5.73 Å². The maximum atomic E-state index is 11.9. The molecule has 0 saturated carbocycles. The van der Waals surface area contributed by atoms with Crippen molar-refractivity contribution in [3.8, 4) is 0 Å². The Labute approximate surface area is 159 Å². The molecule has 1 aliphatic rings. The van der Waals surface area contributed by atoms with Gasteiger partial charge in [0, 0.05) is 30.7 Å². The van der Waals surface area contributed by atoms with Gasteiger partial charge >= 0.3 is 5.97 Å². The van der Waals surface area contributed by atoms with E-state index >= 15 is 0 Å². The third kappa shape index (κ3) is 4.82. The fraction of sp³-hybridized carbons (Fsp3) is 0.579. The van der Waals surface area contributed by atoms with E-state index in [0.717, 1.165) is 43.6 Å². The lowest BCUT2D eigenvalue weighted by Crippen LogP contribution is -2.42. The molecule has 8 nitrogen and oxygen atoms in total. The highest BCUT2D eigenvalue weighted by molar-refractivity contribution is 5.71. The molecule has 3 atom stereocenters. The molecule has 146 valence electrons. The molecule has 1 fully saturated rings. The van der Waals surface area contributed by atoms with Gasteiger partial charge in [0.05, 0.1) is 5.92 Å². The number of aromatic amines is 1. The summed E-state index contributed by atoms with van der Waals surface area (Å²) in [5, 5.41) is 24.0. The van der Waals surface area contributed by atoms with Crippen molar-refractivity contribution in [2.45, 2.75) is 51.0 Å². The van der Waals surface area contributed by atoms with Gasteiger partial charge in [-0.15, -0.1) is 10.2 Å². The second-order valence-electron chi connectivity index (χ2n) is 7.33. The number of aliphatic carboxylic acids is 1. The first-order valence-corrected chi connectivity index (χ1v) is 9.64. The Balaban J connectivity index is 1.83. The molecule has 27 heavy (non-hydrogen) atoms. The number of anilines is 1. The molecule has 1 aromatic carbocycles. The molecule has 0 bridgehead atoms. The third-order valence-electron chi connectivity index (χ3n) is 5.29. The van der Waals surface area contributed by atoms with Gasteiger partial charge in [-0.1, -0.05) is 30.7 Å². The number of H-pyrrole nitrogens is 1. The molecule has 2 heterocycles. The highest BCUT2D eigenvalue weighted by Crippen LogP contribution is 2.31. The Morgan fingerprint density at radius 3 is 3.00 bits per heavy atom. The Bertz CT molecular complexity index is 736. The van der Waals surface area contributed by atoms with Gasteiger partial charge in [0.25, 0.3) is 0 Å². The zero-order chi connectivity index (χ0) is 19.2. The molecule has 4 N–H and O–H groups in total. The predicted molar refractivity (Wildman–Crippen MR) is 103 cm³/mol. The van der Waals surface area contributed by atoms with Crippen LogP contribution in [0.3, 0.4) is 0 Å². The van der Waals surface area contributed by atoms with E-state index in [1.54, 1.807) is 0 Å². The van der Waals surface area contributed by atoms with Gasteiger partial charge < -0.3 is 15.7 Å². The number of nitrogens with one attached hydrogen (secondary N) is 1. The molecule has 1 aromatic heterocycles. The number of rotatable bonds is 8. The Morgan fingerprint density at radius 2 is 2.33 bits per heavy atom. The highest BCUT2D eigenvalue weighted by Gasteiger charge is 2.32. The summed E-state index contributed by atoms with van der Waals surface area (Å²) in [7, 11) is 0. The topological polar surface area (TPSA) is 121 Å². The van der Waals surface area contributed by atoms with Gasteiger partial charge in [0.15, 0.2) is 5.82 Å². The van der Waals surface area contributed by atoms with Crippen LogP contribution in [0.2, 0.25) is 0 Å². The van der Waals surface area contributed by atoms with Crippen molar-refractivity contribution in [1.82, 2.24) is 20.6 Å². The summed E-state index contributed by atoms with van der Waals surface area (Å²) < 4.78 is 0. The Kier molecular flexibility index (Phi) is 6.39. The van der Waals surface area contributed by atoms with E-state index in [-0.39, 0.29) is 12.0 Å². The lowest BCUT2D eigenvalue weighted by Gasteiger charge is -2.33. The molecular formula is C19H28N6O2. The van der Waals surface area contributed by atoms with E-state index in [1.165, 1.54) is 0 Å². The van der Waals surface area contributed by atoms with Crippen molar-refractivity contribution in [2.24, 2.45) is 11.7 Å². The monoisotopic (exact) mass is 372 g/mol. The van der Waals surface area contributed by atoms with Crippen LogP contribution in [0.15, 0.2) is 24.3 Å². The van der Waals surface area contributed by atoms with Gasteiger partial charge in [0.2, 0.25) is 0 Å². The summed E-state index contributed by atoms with van der Waals surface area (Å²) in [5.41, 5.74) is 8.33. The molecule has 2 aromatic rings. The molecular weight excluding hydrogens is 344 g/mol. The van der Waals surface area contributed by atoms with Crippen LogP contribution < -0.4 is 10.6 Å². The minimum Gasteiger partial charge on any atom is -0.481 e. The number of hydrogen-bond donors (Lipinski definition) is 3. The Morgan fingerprint density at radius 1 is 1.48 bits per heavy atom. The fourth-order valence-electron chi connectivity index (χ4n) is 3.93. The minimum absolute atomic E-state index is 0.204. The van der Waals surface area contributed by atoms with E-state index < -0.39 is 11.9 Å². The van der Waals surface area contributed by atoms with E-state index in [0.29, 0.717) is 18.7 Å². The number of aromatic nitrogens is 4. The SMILES string of the molecule is CCC[C@H](C(=O)O)[C@H](Cc1cccc(N2CCC[C@H](N)C2)c1)c1nn[nH]n1. The lowest BCUT2D eigenvalue weighted by atomic mass is 9.83. The quantitative estimate of drug-likeness (QED) is 0.647. The zero-order valence-corrected chi connectivity index (χ0v) is 15.7. The van der Waals surface area contributed by atoms with Crippen LogP contribution in [0, 0.1) is 5.92 Å². The molecule has 3 rings (SSSR count). The van der Waals surface area contributed by atoms with Crippen molar-refractivity contribution in [1.29, 1.82) is 0 Å². The van der Waals surface area contributed by atoms with Crippen LogP contribution >= 0.6 is 0 Å². The van der Waals surface area contributed by atoms with Crippen LogP contribution in [0.1, 0.15) is 49.9 Å². The molecule has 1 saturated heterocycles. The average molecular weight is 372 g/mol. The maximum Gasteiger partial charge on any atom is 0.307 e. The smallest absolute Gasteiger partial charge is 0.307 e. The number of carbonyl (C=O) groups is 1. The van der Waals surface area contributed by atoms with Gasteiger partial charge in [-0.2, -0.15) is 5.21 Å². The average Bonchev–Trinajstić information content (AvgIpc) is 3.19. The third-order valence-corrected chi connectivity index (χ3v) is 5.29. The van der Waals surface area contributed by atoms with Crippen LogP contribution in [0.4, 0.5) is 5.69 Å². The summed E-state index contributed by atoms with van der Waals surface area (Å²) in [4.78, 5) is 14.2. The number of nitrogens with two attached hydrogens (primary N) is 1. The van der Waals surface area contributed by atoms with Crippen molar-refractivity contribution in [3.05, 3.63) is 35.7 Å². The van der Waals surface area contributed by atoms with Crippen molar-refractivity contribution < 1.29 is 9.90 Å². The van der Waals surface area contributed by atoms with E-state index in [1.807, 2.05) is 19.1 Å². The first-order valence-electron chi connectivity index (χ1n) is 9.64. The number of nitrogens with zero attached hydrogens (tertiary/aromatic N) is 4.